The summed E-state index contributed by atoms with van der Waals surface area (Å²) in [6.45, 7) is 7.64. The zero-order chi connectivity index (χ0) is 14.7. The molecule has 2 fully saturated rings. The summed E-state index contributed by atoms with van der Waals surface area (Å²) >= 11 is 0. The minimum Gasteiger partial charge on any atom is -0.381 e. The highest BCUT2D eigenvalue weighted by molar-refractivity contribution is 14.0. The van der Waals surface area contributed by atoms with Gasteiger partial charge in [-0.15, -0.1) is 24.0 Å². The van der Waals surface area contributed by atoms with Crippen LogP contribution in [0.25, 0.3) is 0 Å². The predicted molar refractivity (Wildman–Crippen MR) is 97.5 cm³/mol. The topological polar surface area (TPSA) is 54.7 Å². The first kappa shape index (κ1) is 17.5. The van der Waals surface area contributed by atoms with Gasteiger partial charge in [0.2, 0.25) is 0 Å². The Labute approximate surface area is 149 Å². The molecule has 22 heavy (non-hydrogen) atoms. The van der Waals surface area contributed by atoms with Gasteiger partial charge >= 0.3 is 0 Å². The first-order valence-corrected chi connectivity index (χ1v) is 7.79. The third-order valence-electron chi connectivity index (χ3n) is 4.43. The molecular formula is C15H26IN5O. The number of aromatic nitrogens is 2. The van der Waals surface area contributed by atoms with Crippen molar-refractivity contribution in [3.8, 4) is 0 Å². The van der Waals surface area contributed by atoms with Crippen LogP contribution in [0.1, 0.15) is 25.3 Å². The molecule has 2 aliphatic rings. The number of rotatable bonds is 3. The summed E-state index contributed by atoms with van der Waals surface area (Å²) in [7, 11) is 1.93. The number of nitrogens with one attached hydrogen (secondary N) is 1. The van der Waals surface area contributed by atoms with Gasteiger partial charge in [-0.25, -0.2) is 4.99 Å². The van der Waals surface area contributed by atoms with E-state index < -0.39 is 0 Å². The van der Waals surface area contributed by atoms with Gasteiger partial charge in [0.1, 0.15) is 0 Å². The van der Waals surface area contributed by atoms with Crippen molar-refractivity contribution in [2.24, 2.45) is 17.5 Å². The largest absolute Gasteiger partial charge is 0.381 e. The van der Waals surface area contributed by atoms with E-state index in [1.807, 2.05) is 24.1 Å². The van der Waals surface area contributed by atoms with E-state index in [9.17, 15) is 0 Å². The van der Waals surface area contributed by atoms with Crippen molar-refractivity contribution in [2.75, 3.05) is 32.8 Å². The van der Waals surface area contributed by atoms with E-state index in [1.165, 1.54) is 12.8 Å². The molecule has 3 rings (SSSR count). The van der Waals surface area contributed by atoms with E-state index in [2.05, 4.69) is 22.2 Å². The molecular weight excluding hydrogens is 393 g/mol. The predicted octanol–water partition coefficient (Wildman–Crippen LogP) is 1.62. The average Bonchev–Trinajstić information content (AvgIpc) is 3.19. The minimum absolute atomic E-state index is 0. The zero-order valence-electron chi connectivity index (χ0n) is 13.4. The number of nitrogens with zero attached hydrogens (tertiary/aromatic N) is 4. The number of aliphatic imine (C=N–C) groups is 1. The smallest absolute Gasteiger partial charge is 0.194 e. The highest BCUT2D eigenvalue weighted by atomic mass is 127. The van der Waals surface area contributed by atoms with Gasteiger partial charge in [-0.2, -0.15) is 5.10 Å². The quantitative estimate of drug-likeness (QED) is 0.460. The molecule has 0 aromatic carbocycles. The lowest BCUT2D eigenvalue weighted by Crippen LogP contribution is -2.41. The Morgan fingerprint density at radius 2 is 2.36 bits per heavy atom. The summed E-state index contributed by atoms with van der Waals surface area (Å²) in [5.41, 5.74) is 1.51. The van der Waals surface area contributed by atoms with Gasteiger partial charge in [-0.3, -0.25) is 4.68 Å². The van der Waals surface area contributed by atoms with Gasteiger partial charge < -0.3 is 15.0 Å². The Morgan fingerprint density at radius 3 is 3.00 bits per heavy atom. The average molecular weight is 419 g/mol. The van der Waals surface area contributed by atoms with Crippen LogP contribution >= 0.6 is 24.0 Å². The molecule has 2 saturated heterocycles. The van der Waals surface area contributed by atoms with Crippen LogP contribution in [-0.4, -0.2) is 53.5 Å². The standard InChI is InChI=1S/C15H25N5O.HI/c1-3-16-14(17-8-13-9-18-19(2)10-13)20-6-4-15(11-20)5-7-21-12-15;/h9-10H,3-8,11-12H2,1-2H3,(H,16,17);1H. The summed E-state index contributed by atoms with van der Waals surface area (Å²) in [4.78, 5) is 7.15. The molecule has 1 aromatic heterocycles. The van der Waals surface area contributed by atoms with E-state index in [1.54, 1.807) is 0 Å². The Balaban J connectivity index is 0.00000176. The molecule has 1 N–H and O–H groups in total. The number of halogens is 1. The van der Waals surface area contributed by atoms with Crippen molar-refractivity contribution in [1.82, 2.24) is 20.0 Å². The van der Waals surface area contributed by atoms with E-state index >= 15 is 0 Å². The van der Waals surface area contributed by atoms with Gasteiger partial charge in [0, 0.05) is 50.5 Å². The van der Waals surface area contributed by atoms with Crippen LogP contribution in [0.5, 0.6) is 0 Å². The lowest BCUT2D eigenvalue weighted by molar-refractivity contribution is 0.156. The van der Waals surface area contributed by atoms with Crippen molar-refractivity contribution in [1.29, 1.82) is 0 Å². The molecule has 0 aliphatic carbocycles. The fourth-order valence-electron chi connectivity index (χ4n) is 3.23. The molecule has 1 unspecified atom stereocenters. The Morgan fingerprint density at radius 1 is 1.50 bits per heavy atom. The number of hydrogen-bond donors (Lipinski definition) is 1. The molecule has 1 aromatic rings. The Bertz CT molecular complexity index is 510. The van der Waals surface area contributed by atoms with Gasteiger partial charge in [-0.05, 0) is 19.8 Å². The molecule has 0 saturated carbocycles. The molecule has 3 heterocycles. The van der Waals surface area contributed by atoms with Crippen LogP contribution in [0, 0.1) is 5.41 Å². The maximum atomic E-state index is 5.60. The first-order valence-electron chi connectivity index (χ1n) is 7.79. The lowest BCUT2D eigenvalue weighted by atomic mass is 9.87. The number of ether oxygens (including phenoxy) is 1. The second-order valence-electron chi connectivity index (χ2n) is 6.17. The highest BCUT2D eigenvalue weighted by Crippen LogP contribution is 2.38. The van der Waals surface area contributed by atoms with Gasteiger partial charge in [0.25, 0.3) is 0 Å². The van der Waals surface area contributed by atoms with Crippen molar-refractivity contribution in [3.05, 3.63) is 18.0 Å². The fourth-order valence-corrected chi connectivity index (χ4v) is 3.23. The van der Waals surface area contributed by atoms with Crippen LogP contribution in [0.4, 0.5) is 0 Å². The molecule has 1 atom stereocenters. The number of likely N-dealkylation sites (tertiary alicyclic amines) is 1. The van der Waals surface area contributed by atoms with Crippen molar-refractivity contribution < 1.29 is 4.74 Å². The van der Waals surface area contributed by atoms with E-state index in [0.29, 0.717) is 12.0 Å². The summed E-state index contributed by atoms with van der Waals surface area (Å²) < 4.78 is 7.42. The fraction of sp³-hybridized carbons (Fsp3) is 0.733. The van der Waals surface area contributed by atoms with E-state index in [0.717, 1.165) is 44.4 Å². The summed E-state index contributed by atoms with van der Waals surface area (Å²) in [5, 5.41) is 7.61. The number of hydrogen-bond acceptors (Lipinski definition) is 3. The molecule has 2 aliphatic heterocycles. The number of aryl methyl sites for hydroxylation is 1. The number of guanidine groups is 1. The van der Waals surface area contributed by atoms with Crippen LogP contribution in [0.15, 0.2) is 17.4 Å². The monoisotopic (exact) mass is 419 g/mol. The molecule has 0 amide bonds. The second kappa shape index (κ2) is 7.63. The summed E-state index contributed by atoms with van der Waals surface area (Å²) in [6.07, 6.45) is 6.29. The molecule has 7 heteroatoms. The van der Waals surface area contributed by atoms with Crippen LogP contribution in [-0.2, 0) is 18.3 Å². The maximum Gasteiger partial charge on any atom is 0.194 e. The summed E-state index contributed by atoms with van der Waals surface area (Å²) in [5.74, 6) is 1.02. The highest BCUT2D eigenvalue weighted by Gasteiger charge is 2.42. The molecule has 1 spiro atoms. The molecule has 6 nitrogen and oxygen atoms in total. The van der Waals surface area contributed by atoms with Gasteiger partial charge in [0.05, 0.1) is 19.3 Å². The third kappa shape index (κ3) is 3.92. The normalized spacial score (nSPS) is 24.8. The molecule has 0 bridgehead atoms. The summed E-state index contributed by atoms with van der Waals surface area (Å²) in [6, 6.07) is 0. The minimum atomic E-state index is 0. The van der Waals surface area contributed by atoms with Crippen LogP contribution in [0.3, 0.4) is 0 Å². The van der Waals surface area contributed by atoms with Crippen molar-refractivity contribution >= 4 is 29.9 Å². The van der Waals surface area contributed by atoms with Crippen molar-refractivity contribution in [2.45, 2.75) is 26.3 Å². The van der Waals surface area contributed by atoms with Crippen molar-refractivity contribution in [3.63, 3.8) is 0 Å². The third-order valence-corrected chi connectivity index (χ3v) is 4.43. The molecule has 124 valence electrons. The van der Waals surface area contributed by atoms with Crippen LogP contribution < -0.4 is 5.32 Å². The van der Waals surface area contributed by atoms with Gasteiger partial charge in [0.15, 0.2) is 5.96 Å². The maximum absolute atomic E-state index is 5.60. The SMILES string of the molecule is CCNC(=NCc1cnn(C)c1)N1CCC2(CCOC2)C1.I. The van der Waals surface area contributed by atoms with Crippen LogP contribution in [0.2, 0.25) is 0 Å². The lowest BCUT2D eigenvalue weighted by Gasteiger charge is -2.24. The zero-order valence-corrected chi connectivity index (χ0v) is 15.7. The van der Waals surface area contributed by atoms with Gasteiger partial charge in [-0.1, -0.05) is 0 Å². The van der Waals surface area contributed by atoms with E-state index in [-0.39, 0.29) is 24.0 Å². The molecule has 0 radical (unpaired) electrons. The first-order chi connectivity index (χ1) is 10.2. The Hall–Kier alpha value is -0.830. The second-order valence-corrected chi connectivity index (χ2v) is 6.17. The Kier molecular flexibility index (Phi) is 6.08. The van der Waals surface area contributed by atoms with E-state index in [4.69, 9.17) is 9.73 Å².